The van der Waals surface area contributed by atoms with Gasteiger partial charge in [0.2, 0.25) is 0 Å². The predicted molar refractivity (Wildman–Crippen MR) is 59.8 cm³/mol. The average molecular weight is 251 g/mol. The van der Waals surface area contributed by atoms with E-state index >= 15 is 0 Å². The molecule has 0 bridgehead atoms. The summed E-state index contributed by atoms with van der Waals surface area (Å²) in [6, 6.07) is 5.36. The second kappa shape index (κ2) is 5.09. The van der Waals surface area contributed by atoms with Crippen molar-refractivity contribution < 1.29 is 13.2 Å². The minimum absolute atomic E-state index is 0.0750. The van der Waals surface area contributed by atoms with Gasteiger partial charge in [-0.05, 0) is 24.0 Å². The molecular weight excluding hydrogens is 237 g/mol. The molecule has 0 radical (unpaired) electrons. The third kappa shape index (κ3) is 3.14. The Labute approximate surface area is 98.4 Å². The van der Waals surface area contributed by atoms with Crippen molar-refractivity contribution >= 4 is 11.6 Å². The molecule has 0 aromatic heterocycles. The highest BCUT2D eigenvalue weighted by Crippen LogP contribution is 2.32. The normalized spacial score (nSPS) is 15.9. The first kappa shape index (κ1) is 13.4. The summed E-state index contributed by atoms with van der Waals surface area (Å²) >= 11 is 6.04. The van der Waals surface area contributed by atoms with Gasteiger partial charge in [-0.2, -0.15) is 13.2 Å². The fourth-order valence-corrected chi connectivity index (χ4v) is 1.71. The molecule has 0 saturated heterocycles. The molecule has 4 heteroatoms. The number of rotatable bonds is 3. The number of hydrogen-bond donors (Lipinski definition) is 0. The van der Waals surface area contributed by atoms with Crippen molar-refractivity contribution in [2.75, 3.05) is 0 Å². The standard InChI is InChI=1S/C12H14ClF3/c1-3-11(13)8(2)9-5-4-6-10(7-9)12(14,15)16/h4-8,11H,3H2,1-2H3. The third-order valence-corrected chi connectivity index (χ3v) is 3.36. The molecule has 0 nitrogen and oxygen atoms in total. The van der Waals surface area contributed by atoms with Crippen LogP contribution < -0.4 is 0 Å². The van der Waals surface area contributed by atoms with E-state index in [9.17, 15) is 13.2 Å². The van der Waals surface area contributed by atoms with E-state index in [1.165, 1.54) is 12.1 Å². The summed E-state index contributed by atoms with van der Waals surface area (Å²) < 4.78 is 37.4. The molecule has 0 heterocycles. The molecule has 0 N–H and O–H groups in total. The van der Waals surface area contributed by atoms with Crippen molar-refractivity contribution in [1.29, 1.82) is 0 Å². The Bertz CT molecular complexity index is 346. The molecule has 0 spiro atoms. The highest BCUT2D eigenvalue weighted by Gasteiger charge is 2.31. The van der Waals surface area contributed by atoms with E-state index in [1.54, 1.807) is 6.07 Å². The Morgan fingerprint density at radius 1 is 1.31 bits per heavy atom. The number of benzene rings is 1. The molecule has 0 aliphatic carbocycles. The Morgan fingerprint density at radius 2 is 1.94 bits per heavy atom. The minimum atomic E-state index is -4.29. The summed E-state index contributed by atoms with van der Waals surface area (Å²) in [6.45, 7) is 3.76. The van der Waals surface area contributed by atoms with Crippen LogP contribution in [-0.4, -0.2) is 5.38 Å². The molecule has 16 heavy (non-hydrogen) atoms. The fourth-order valence-electron chi connectivity index (χ4n) is 1.56. The van der Waals surface area contributed by atoms with Gasteiger partial charge in [0.25, 0.3) is 0 Å². The summed E-state index contributed by atoms with van der Waals surface area (Å²) in [5.74, 6) is -0.0750. The van der Waals surface area contributed by atoms with Gasteiger partial charge in [-0.1, -0.05) is 32.0 Å². The van der Waals surface area contributed by atoms with Crippen LogP contribution in [0.15, 0.2) is 24.3 Å². The molecule has 0 aliphatic rings. The van der Waals surface area contributed by atoms with Gasteiger partial charge in [-0.25, -0.2) is 0 Å². The third-order valence-electron chi connectivity index (χ3n) is 2.67. The molecular formula is C12H14ClF3. The Hall–Kier alpha value is -0.700. The maximum atomic E-state index is 12.5. The zero-order chi connectivity index (χ0) is 12.3. The maximum Gasteiger partial charge on any atom is 0.416 e. The van der Waals surface area contributed by atoms with Crippen molar-refractivity contribution in [1.82, 2.24) is 0 Å². The Balaban J connectivity index is 2.99. The van der Waals surface area contributed by atoms with Crippen molar-refractivity contribution in [2.24, 2.45) is 0 Å². The molecule has 90 valence electrons. The molecule has 0 aliphatic heterocycles. The molecule has 2 atom stereocenters. The molecule has 0 amide bonds. The van der Waals surface area contributed by atoms with Gasteiger partial charge in [-0.3, -0.25) is 0 Å². The van der Waals surface area contributed by atoms with Gasteiger partial charge in [-0.15, -0.1) is 11.6 Å². The summed E-state index contributed by atoms with van der Waals surface area (Å²) in [5.41, 5.74) is 0.0218. The van der Waals surface area contributed by atoms with E-state index < -0.39 is 11.7 Å². The summed E-state index contributed by atoms with van der Waals surface area (Å²) in [7, 11) is 0. The van der Waals surface area contributed by atoms with E-state index in [1.807, 2.05) is 13.8 Å². The lowest BCUT2D eigenvalue weighted by Crippen LogP contribution is -2.11. The van der Waals surface area contributed by atoms with Gasteiger partial charge in [0, 0.05) is 5.38 Å². The lowest BCUT2D eigenvalue weighted by Gasteiger charge is -2.18. The van der Waals surface area contributed by atoms with E-state index in [-0.39, 0.29) is 11.3 Å². The maximum absolute atomic E-state index is 12.5. The zero-order valence-corrected chi connectivity index (χ0v) is 9.94. The largest absolute Gasteiger partial charge is 0.416 e. The van der Waals surface area contributed by atoms with Crippen LogP contribution in [0.2, 0.25) is 0 Å². The molecule has 2 unspecified atom stereocenters. The lowest BCUT2D eigenvalue weighted by molar-refractivity contribution is -0.137. The van der Waals surface area contributed by atoms with E-state index in [0.717, 1.165) is 12.5 Å². The Morgan fingerprint density at radius 3 is 2.44 bits per heavy atom. The first-order valence-electron chi connectivity index (χ1n) is 5.17. The molecule has 0 saturated carbocycles. The van der Waals surface area contributed by atoms with Crippen molar-refractivity contribution in [3.05, 3.63) is 35.4 Å². The van der Waals surface area contributed by atoms with Crippen LogP contribution in [0.4, 0.5) is 13.2 Å². The first-order chi connectivity index (χ1) is 7.36. The van der Waals surface area contributed by atoms with Crippen LogP contribution in [0.25, 0.3) is 0 Å². The second-order valence-electron chi connectivity index (χ2n) is 3.84. The fraction of sp³-hybridized carbons (Fsp3) is 0.500. The van der Waals surface area contributed by atoms with Crippen molar-refractivity contribution in [3.63, 3.8) is 0 Å². The van der Waals surface area contributed by atoms with Crippen LogP contribution in [-0.2, 0) is 6.18 Å². The van der Waals surface area contributed by atoms with E-state index in [0.29, 0.717) is 5.56 Å². The van der Waals surface area contributed by atoms with Crippen molar-refractivity contribution in [2.45, 2.75) is 37.7 Å². The zero-order valence-electron chi connectivity index (χ0n) is 9.18. The predicted octanol–water partition coefficient (Wildman–Crippen LogP) is 4.83. The van der Waals surface area contributed by atoms with Crippen LogP contribution in [0.3, 0.4) is 0 Å². The molecule has 1 aromatic rings. The van der Waals surface area contributed by atoms with Gasteiger partial charge < -0.3 is 0 Å². The second-order valence-corrected chi connectivity index (χ2v) is 4.40. The number of alkyl halides is 4. The number of hydrogen-bond acceptors (Lipinski definition) is 0. The molecule has 1 rings (SSSR count). The van der Waals surface area contributed by atoms with Crippen molar-refractivity contribution in [3.8, 4) is 0 Å². The Kier molecular flexibility index (Phi) is 4.25. The average Bonchev–Trinajstić information content (AvgIpc) is 2.26. The quantitative estimate of drug-likeness (QED) is 0.675. The topological polar surface area (TPSA) is 0 Å². The SMILES string of the molecule is CCC(Cl)C(C)c1cccc(C(F)(F)F)c1. The summed E-state index contributed by atoms with van der Waals surface area (Å²) in [6.07, 6.45) is -3.55. The highest BCUT2D eigenvalue weighted by atomic mass is 35.5. The van der Waals surface area contributed by atoms with Crippen LogP contribution in [0.5, 0.6) is 0 Å². The van der Waals surface area contributed by atoms with Crippen LogP contribution in [0.1, 0.15) is 37.3 Å². The number of halogens is 4. The van der Waals surface area contributed by atoms with Crippen LogP contribution in [0, 0.1) is 0 Å². The monoisotopic (exact) mass is 250 g/mol. The van der Waals surface area contributed by atoms with E-state index in [2.05, 4.69) is 0 Å². The van der Waals surface area contributed by atoms with Gasteiger partial charge in [0.15, 0.2) is 0 Å². The van der Waals surface area contributed by atoms with E-state index in [4.69, 9.17) is 11.6 Å². The van der Waals surface area contributed by atoms with Gasteiger partial charge >= 0.3 is 6.18 Å². The highest BCUT2D eigenvalue weighted by molar-refractivity contribution is 6.21. The first-order valence-corrected chi connectivity index (χ1v) is 5.61. The van der Waals surface area contributed by atoms with Gasteiger partial charge in [0.1, 0.15) is 0 Å². The summed E-state index contributed by atoms with van der Waals surface area (Å²) in [5, 5.41) is -0.136. The molecule has 1 aromatic carbocycles. The minimum Gasteiger partial charge on any atom is -0.166 e. The smallest absolute Gasteiger partial charge is 0.166 e. The lowest BCUT2D eigenvalue weighted by atomic mass is 9.94. The molecule has 0 fully saturated rings. The van der Waals surface area contributed by atoms with Gasteiger partial charge in [0.05, 0.1) is 5.56 Å². The summed E-state index contributed by atoms with van der Waals surface area (Å²) in [4.78, 5) is 0. The van der Waals surface area contributed by atoms with Crippen LogP contribution >= 0.6 is 11.6 Å².